The molecule has 0 spiro atoms. The Labute approximate surface area is 263 Å². The molecule has 0 saturated carbocycles. The Balaban J connectivity index is 0.00000148. The normalized spacial score (nSPS) is 14.9. The second-order valence-corrected chi connectivity index (χ2v) is 10.8. The van der Waals surface area contributed by atoms with Gasteiger partial charge in [-0.15, -0.1) is 0 Å². The van der Waals surface area contributed by atoms with Crippen LogP contribution in [0.25, 0.3) is 11.3 Å². The van der Waals surface area contributed by atoms with E-state index in [1.54, 1.807) is 15.9 Å². The molecule has 12 nitrogen and oxygen atoms in total. The van der Waals surface area contributed by atoms with Crippen LogP contribution in [-0.2, 0) is 16.6 Å². The van der Waals surface area contributed by atoms with Gasteiger partial charge in [0.05, 0.1) is 36.1 Å². The molecule has 3 heterocycles. The van der Waals surface area contributed by atoms with Crippen LogP contribution in [0, 0.1) is 11.6 Å². The summed E-state index contributed by atoms with van der Waals surface area (Å²) in [4.78, 5) is 56.8. The molecule has 3 amide bonds. The predicted molar refractivity (Wildman–Crippen MR) is 161 cm³/mol. The van der Waals surface area contributed by atoms with E-state index >= 15 is 0 Å². The van der Waals surface area contributed by atoms with E-state index in [0.29, 0.717) is 38.4 Å². The zero-order valence-corrected chi connectivity index (χ0v) is 25.5. The summed E-state index contributed by atoms with van der Waals surface area (Å²) in [5.74, 6) is -3.32. The monoisotopic (exact) mass is 646 g/mol. The number of piperazine rings is 1. The number of benzene rings is 2. The summed E-state index contributed by atoms with van der Waals surface area (Å²) in [6.45, 7) is 3.80. The first-order valence-electron chi connectivity index (χ1n) is 14.1. The number of nitrogens with zero attached hydrogens (tertiary/aromatic N) is 5. The Morgan fingerprint density at radius 3 is 2.29 bits per heavy atom. The molecule has 0 aliphatic carbocycles. The second-order valence-electron chi connectivity index (χ2n) is 10.4. The van der Waals surface area contributed by atoms with Crippen molar-refractivity contribution in [3.8, 4) is 17.0 Å². The lowest BCUT2D eigenvalue weighted by Gasteiger charge is -2.35. The zero-order chi connectivity index (χ0) is 32.7. The standard InChI is InChI=1S/C29H31ClF2N6O4.CH2O2/c1-35-22(20-7-8-23(42-2)26(32)25(20)31)16-33-27(35)28(40)34-18-5-6-19(21(30)15-18)29(41)38-13-11-37(12-14-38)24(39)17-36-9-3-4-10-36;2-1-3/h5-8,15-16H,3-4,9-14,17H2,1-2H3,(H,34,40);1H,(H,2,3). The topological polar surface area (TPSA) is 137 Å². The lowest BCUT2D eigenvalue weighted by Crippen LogP contribution is -2.52. The number of hydrogen-bond donors (Lipinski definition) is 2. The van der Waals surface area contributed by atoms with Crippen molar-refractivity contribution in [1.29, 1.82) is 0 Å². The van der Waals surface area contributed by atoms with E-state index in [1.807, 2.05) is 0 Å². The Kier molecular flexibility index (Phi) is 11.1. The van der Waals surface area contributed by atoms with Crippen molar-refractivity contribution in [1.82, 2.24) is 24.3 Å². The third kappa shape index (κ3) is 7.57. The van der Waals surface area contributed by atoms with Gasteiger partial charge in [0.15, 0.2) is 17.4 Å². The van der Waals surface area contributed by atoms with E-state index in [9.17, 15) is 23.2 Å². The average Bonchev–Trinajstić information content (AvgIpc) is 3.68. The number of imidazole rings is 1. The van der Waals surface area contributed by atoms with Crippen molar-refractivity contribution in [2.24, 2.45) is 7.05 Å². The van der Waals surface area contributed by atoms with Crippen LogP contribution in [-0.4, -0.2) is 106 Å². The number of ether oxygens (including phenoxy) is 1. The number of amides is 3. The zero-order valence-electron chi connectivity index (χ0n) is 24.8. The lowest BCUT2D eigenvalue weighted by atomic mass is 10.1. The summed E-state index contributed by atoms with van der Waals surface area (Å²) < 4.78 is 35.0. The van der Waals surface area contributed by atoms with Crippen molar-refractivity contribution in [3.05, 3.63) is 64.6 Å². The Bertz CT molecular complexity index is 1570. The fourth-order valence-corrected chi connectivity index (χ4v) is 5.53. The molecule has 2 saturated heterocycles. The molecule has 0 unspecified atom stereocenters. The molecule has 3 aromatic rings. The van der Waals surface area contributed by atoms with Gasteiger partial charge >= 0.3 is 0 Å². The summed E-state index contributed by atoms with van der Waals surface area (Å²) in [5.41, 5.74) is 0.717. The summed E-state index contributed by atoms with van der Waals surface area (Å²) in [5, 5.41) is 9.72. The Hall–Kier alpha value is -4.56. The quantitative estimate of drug-likeness (QED) is 0.373. The van der Waals surface area contributed by atoms with Gasteiger partial charge < -0.3 is 29.5 Å². The molecule has 0 atom stereocenters. The van der Waals surface area contributed by atoms with Crippen LogP contribution >= 0.6 is 11.6 Å². The number of aromatic nitrogens is 2. The minimum absolute atomic E-state index is 0.0472. The molecule has 2 N–H and O–H groups in total. The maximum Gasteiger partial charge on any atom is 0.291 e. The van der Waals surface area contributed by atoms with Gasteiger partial charge in [-0.3, -0.25) is 24.1 Å². The molecule has 240 valence electrons. The highest BCUT2D eigenvalue weighted by Crippen LogP contribution is 2.30. The number of likely N-dealkylation sites (tertiary alicyclic amines) is 1. The fraction of sp³-hybridized carbons (Fsp3) is 0.367. The van der Waals surface area contributed by atoms with E-state index in [2.05, 4.69) is 15.2 Å². The maximum atomic E-state index is 14.6. The molecule has 2 aliphatic heterocycles. The number of hydrogen-bond acceptors (Lipinski definition) is 7. The number of halogens is 3. The van der Waals surface area contributed by atoms with Gasteiger partial charge in [0.25, 0.3) is 18.3 Å². The molecule has 5 rings (SSSR count). The first kappa shape index (κ1) is 33.3. The largest absolute Gasteiger partial charge is 0.494 e. The summed E-state index contributed by atoms with van der Waals surface area (Å²) in [6.07, 6.45) is 3.52. The molecule has 45 heavy (non-hydrogen) atoms. The predicted octanol–water partition coefficient (Wildman–Crippen LogP) is 3.36. The van der Waals surface area contributed by atoms with E-state index in [1.165, 1.54) is 49.2 Å². The lowest BCUT2D eigenvalue weighted by molar-refractivity contribution is -0.133. The molecule has 2 fully saturated rings. The van der Waals surface area contributed by atoms with E-state index in [4.69, 9.17) is 26.2 Å². The molecule has 1 aromatic heterocycles. The highest BCUT2D eigenvalue weighted by molar-refractivity contribution is 6.34. The molecular weight excluding hydrogens is 614 g/mol. The van der Waals surface area contributed by atoms with Gasteiger partial charge in [-0.05, 0) is 56.3 Å². The Morgan fingerprint density at radius 1 is 1.02 bits per heavy atom. The number of methoxy groups -OCH3 is 1. The Morgan fingerprint density at radius 2 is 1.67 bits per heavy atom. The highest BCUT2D eigenvalue weighted by atomic mass is 35.5. The number of anilines is 1. The first-order chi connectivity index (χ1) is 21.6. The van der Waals surface area contributed by atoms with Crippen molar-refractivity contribution in [2.75, 3.05) is 58.2 Å². The molecule has 2 aliphatic rings. The van der Waals surface area contributed by atoms with E-state index in [0.717, 1.165) is 25.9 Å². The van der Waals surface area contributed by atoms with E-state index < -0.39 is 17.5 Å². The van der Waals surface area contributed by atoms with Gasteiger partial charge in [-0.1, -0.05) is 11.6 Å². The smallest absolute Gasteiger partial charge is 0.291 e. The van der Waals surface area contributed by atoms with Crippen molar-refractivity contribution in [2.45, 2.75) is 12.8 Å². The molecule has 2 aromatic carbocycles. The molecular formula is C30H33ClF2N6O6. The number of carbonyl (C=O) groups is 4. The van der Waals surface area contributed by atoms with Gasteiger partial charge in [-0.2, -0.15) is 4.39 Å². The molecule has 0 radical (unpaired) electrons. The van der Waals surface area contributed by atoms with Gasteiger partial charge in [0.1, 0.15) is 0 Å². The molecule has 15 heteroatoms. The number of carbonyl (C=O) groups excluding carboxylic acids is 3. The van der Waals surface area contributed by atoms with Crippen molar-refractivity contribution in [3.63, 3.8) is 0 Å². The number of nitrogens with one attached hydrogen (secondary N) is 1. The van der Waals surface area contributed by atoms with Crippen LogP contribution in [0.3, 0.4) is 0 Å². The first-order valence-corrected chi connectivity index (χ1v) is 14.5. The summed E-state index contributed by atoms with van der Waals surface area (Å²) in [6, 6.07) is 7.18. The van der Waals surface area contributed by atoms with Crippen molar-refractivity contribution < 1.29 is 37.8 Å². The SMILES string of the molecule is COc1ccc(-c2cnc(C(=O)Nc3ccc(C(=O)N4CCN(C(=O)CN5CCCC5)CC4)c(Cl)c3)n2C)c(F)c1F.O=CO. The van der Waals surface area contributed by atoms with Crippen LogP contribution in [0.15, 0.2) is 36.5 Å². The van der Waals surface area contributed by atoms with Crippen LogP contribution in [0.1, 0.15) is 33.8 Å². The van der Waals surface area contributed by atoms with Crippen LogP contribution in [0.2, 0.25) is 5.02 Å². The third-order valence-corrected chi connectivity index (χ3v) is 7.98. The van der Waals surface area contributed by atoms with Crippen LogP contribution in [0.4, 0.5) is 14.5 Å². The van der Waals surface area contributed by atoms with Crippen LogP contribution in [0.5, 0.6) is 5.75 Å². The second kappa shape index (κ2) is 14.9. The van der Waals surface area contributed by atoms with Gasteiger partial charge in [0.2, 0.25) is 11.7 Å². The van der Waals surface area contributed by atoms with Crippen LogP contribution < -0.4 is 10.1 Å². The van der Waals surface area contributed by atoms with Crippen molar-refractivity contribution >= 4 is 41.5 Å². The number of carboxylic acid groups (broad SMARTS) is 1. The van der Waals surface area contributed by atoms with E-state index in [-0.39, 0.29) is 51.7 Å². The highest BCUT2D eigenvalue weighted by Gasteiger charge is 2.28. The van der Waals surface area contributed by atoms with Gasteiger partial charge in [-0.25, -0.2) is 9.37 Å². The average molecular weight is 647 g/mol. The summed E-state index contributed by atoms with van der Waals surface area (Å²) >= 11 is 6.44. The summed E-state index contributed by atoms with van der Waals surface area (Å²) in [7, 11) is 2.74. The fourth-order valence-electron chi connectivity index (χ4n) is 5.27. The third-order valence-electron chi connectivity index (χ3n) is 7.67. The molecule has 0 bridgehead atoms. The van der Waals surface area contributed by atoms with Gasteiger partial charge in [0, 0.05) is 44.5 Å². The minimum Gasteiger partial charge on any atom is -0.494 e. The maximum absolute atomic E-state index is 14.6. The minimum atomic E-state index is -1.14. The number of rotatable bonds is 7.